The van der Waals surface area contributed by atoms with Gasteiger partial charge in [-0.2, -0.15) is 0 Å². The summed E-state index contributed by atoms with van der Waals surface area (Å²) in [6.45, 7) is 3.48. The largest absolute Gasteiger partial charge is 0.386 e. The molecule has 4 rings (SSSR count). The monoisotopic (exact) mass is 346 g/mol. The van der Waals surface area contributed by atoms with Gasteiger partial charge in [-0.25, -0.2) is 14.4 Å². The maximum absolute atomic E-state index is 13.9. The molecule has 1 radical (unpaired) electrons. The second-order valence-corrected chi connectivity index (χ2v) is 6.67. The summed E-state index contributed by atoms with van der Waals surface area (Å²) >= 11 is 0. The number of fused-ring (bicyclic) bond motifs is 1. The van der Waals surface area contributed by atoms with Crippen molar-refractivity contribution in [2.45, 2.75) is 19.4 Å². The Kier molecular flexibility index (Phi) is 3.81. The van der Waals surface area contributed by atoms with Gasteiger partial charge in [-0.15, -0.1) is 0 Å². The van der Waals surface area contributed by atoms with Crippen LogP contribution < -0.4 is 0 Å². The third-order valence-electron chi connectivity index (χ3n) is 4.35. The van der Waals surface area contributed by atoms with Crippen LogP contribution in [0.25, 0.3) is 28.0 Å². The van der Waals surface area contributed by atoms with E-state index in [9.17, 15) is 9.50 Å². The molecular formula is C21H17FN3O. The van der Waals surface area contributed by atoms with Gasteiger partial charge < -0.3 is 5.11 Å². The van der Waals surface area contributed by atoms with Crippen molar-refractivity contribution in [2.24, 2.45) is 0 Å². The lowest BCUT2D eigenvalue weighted by Gasteiger charge is -2.15. The zero-order chi connectivity index (χ0) is 18.3. The van der Waals surface area contributed by atoms with Crippen LogP contribution in [0, 0.1) is 11.9 Å². The summed E-state index contributed by atoms with van der Waals surface area (Å²) in [6, 6.07) is 15.1. The van der Waals surface area contributed by atoms with Crippen molar-refractivity contribution in [1.29, 1.82) is 0 Å². The summed E-state index contributed by atoms with van der Waals surface area (Å²) in [5, 5.41) is 11.4. The van der Waals surface area contributed by atoms with Crippen LogP contribution in [-0.4, -0.2) is 19.6 Å². The molecule has 0 fully saturated rings. The van der Waals surface area contributed by atoms with Crippen LogP contribution in [-0.2, 0) is 5.60 Å². The van der Waals surface area contributed by atoms with E-state index in [1.54, 1.807) is 44.4 Å². The number of nitrogens with zero attached hydrogens (tertiary/aromatic N) is 3. The van der Waals surface area contributed by atoms with Crippen molar-refractivity contribution in [3.8, 4) is 17.1 Å². The molecule has 129 valence electrons. The normalized spacial score (nSPS) is 11.8. The van der Waals surface area contributed by atoms with E-state index in [2.05, 4.69) is 16.0 Å². The Balaban J connectivity index is 1.83. The Bertz CT molecular complexity index is 1080. The Hall–Kier alpha value is -3.05. The van der Waals surface area contributed by atoms with E-state index in [0.29, 0.717) is 17.1 Å². The van der Waals surface area contributed by atoms with Gasteiger partial charge in [0.05, 0.1) is 11.1 Å². The zero-order valence-electron chi connectivity index (χ0n) is 14.4. The number of aromatic nitrogens is 3. The van der Waals surface area contributed by atoms with Crippen molar-refractivity contribution in [1.82, 2.24) is 14.5 Å². The van der Waals surface area contributed by atoms with Crippen LogP contribution in [0.2, 0.25) is 0 Å². The van der Waals surface area contributed by atoms with Gasteiger partial charge in [0.2, 0.25) is 5.95 Å². The first-order chi connectivity index (χ1) is 12.4. The summed E-state index contributed by atoms with van der Waals surface area (Å²) in [7, 11) is 0. The van der Waals surface area contributed by atoms with Gasteiger partial charge in [0, 0.05) is 40.7 Å². The number of hydrogen-bond acceptors (Lipinski definition) is 3. The van der Waals surface area contributed by atoms with E-state index in [1.807, 2.05) is 29.0 Å². The fraction of sp³-hybridized carbons (Fsp3) is 0.143. The second kappa shape index (κ2) is 6.04. The van der Waals surface area contributed by atoms with Gasteiger partial charge in [-0.1, -0.05) is 30.3 Å². The average molecular weight is 346 g/mol. The van der Waals surface area contributed by atoms with Crippen molar-refractivity contribution in [2.75, 3.05) is 0 Å². The molecule has 0 unspecified atom stereocenters. The lowest BCUT2D eigenvalue weighted by atomic mass is 9.98. The molecule has 0 aliphatic heterocycles. The second-order valence-electron chi connectivity index (χ2n) is 6.67. The Labute approximate surface area is 150 Å². The molecule has 4 aromatic rings. The van der Waals surface area contributed by atoms with Gasteiger partial charge in [0.1, 0.15) is 5.82 Å². The van der Waals surface area contributed by atoms with E-state index in [4.69, 9.17) is 0 Å². The summed E-state index contributed by atoms with van der Waals surface area (Å²) in [6.07, 6.45) is 5.03. The van der Waals surface area contributed by atoms with Gasteiger partial charge >= 0.3 is 0 Å². The molecule has 0 spiro atoms. The summed E-state index contributed by atoms with van der Waals surface area (Å²) < 4.78 is 15.8. The molecule has 0 atom stereocenters. The number of aliphatic hydroxyl groups is 1. The van der Waals surface area contributed by atoms with Crippen LogP contribution in [0.4, 0.5) is 4.39 Å². The fourth-order valence-corrected chi connectivity index (χ4v) is 3.05. The van der Waals surface area contributed by atoms with E-state index < -0.39 is 5.60 Å². The highest BCUT2D eigenvalue weighted by molar-refractivity contribution is 5.85. The first-order valence-electron chi connectivity index (χ1n) is 8.26. The standard InChI is InChI=1S/C21H17FN3O/c1-21(2,26)17-13-25(19-10-6-4-8-16(17)19)20-23-11-14(12-24-20)15-7-3-5-9-18(15)22/h3-5,7-13,26H,1-2H3. The highest BCUT2D eigenvalue weighted by Crippen LogP contribution is 2.31. The summed E-state index contributed by atoms with van der Waals surface area (Å²) in [4.78, 5) is 8.80. The maximum atomic E-state index is 13.9. The van der Waals surface area contributed by atoms with Gasteiger partial charge in [-0.3, -0.25) is 4.57 Å². The Morgan fingerprint density at radius 2 is 1.85 bits per heavy atom. The lowest BCUT2D eigenvalue weighted by molar-refractivity contribution is 0.0801. The molecule has 5 heteroatoms. The highest BCUT2D eigenvalue weighted by Gasteiger charge is 2.23. The van der Waals surface area contributed by atoms with Crippen LogP contribution in [0.1, 0.15) is 19.4 Å². The first kappa shape index (κ1) is 16.4. The average Bonchev–Trinajstić information content (AvgIpc) is 3.02. The van der Waals surface area contributed by atoms with Crippen LogP contribution in [0.3, 0.4) is 0 Å². The molecule has 0 saturated carbocycles. The molecule has 0 bridgehead atoms. The lowest BCUT2D eigenvalue weighted by Crippen LogP contribution is -2.14. The highest BCUT2D eigenvalue weighted by atomic mass is 19.1. The number of rotatable bonds is 3. The molecule has 2 aromatic carbocycles. The molecular weight excluding hydrogens is 329 g/mol. The minimum atomic E-state index is -1.00. The molecule has 26 heavy (non-hydrogen) atoms. The molecule has 0 aliphatic carbocycles. The summed E-state index contributed by atoms with van der Waals surface area (Å²) in [5.74, 6) is 0.138. The van der Waals surface area contributed by atoms with E-state index in [1.165, 1.54) is 6.07 Å². The third kappa shape index (κ3) is 2.76. The van der Waals surface area contributed by atoms with Crippen LogP contribution in [0.5, 0.6) is 0 Å². The van der Waals surface area contributed by atoms with Crippen molar-refractivity contribution in [3.63, 3.8) is 0 Å². The minimum absolute atomic E-state index is 0.311. The minimum Gasteiger partial charge on any atom is -0.386 e. The first-order valence-corrected chi connectivity index (χ1v) is 8.26. The number of halogens is 1. The molecule has 4 nitrogen and oxygen atoms in total. The maximum Gasteiger partial charge on any atom is 0.234 e. The summed E-state index contributed by atoms with van der Waals surface area (Å²) in [5.41, 5.74) is 1.70. The third-order valence-corrected chi connectivity index (χ3v) is 4.35. The van der Waals surface area contributed by atoms with E-state index in [0.717, 1.165) is 16.5 Å². The van der Waals surface area contributed by atoms with Crippen molar-refractivity contribution >= 4 is 10.9 Å². The molecule has 1 N–H and O–H groups in total. The topological polar surface area (TPSA) is 50.9 Å². The van der Waals surface area contributed by atoms with Crippen LogP contribution >= 0.6 is 0 Å². The quantitative estimate of drug-likeness (QED) is 0.603. The molecule has 2 aromatic heterocycles. The zero-order valence-corrected chi connectivity index (χ0v) is 14.4. The number of hydrogen-bond donors (Lipinski definition) is 1. The van der Waals surface area contributed by atoms with Crippen molar-refractivity contribution in [3.05, 3.63) is 78.5 Å². The van der Waals surface area contributed by atoms with Crippen LogP contribution in [0.15, 0.2) is 61.1 Å². The van der Waals surface area contributed by atoms with Gasteiger partial charge in [0.25, 0.3) is 0 Å². The molecule has 0 aliphatic rings. The SMILES string of the molecule is CC(C)(O)c1cn(-c2ncc(-c3ccccc3F)cn2)c2c[c]ccc12. The number of benzene rings is 2. The molecule has 0 saturated heterocycles. The fourth-order valence-electron chi connectivity index (χ4n) is 3.05. The smallest absolute Gasteiger partial charge is 0.234 e. The van der Waals surface area contributed by atoms with E-state index in [-0.39, 0.29) is 5.82 Å². The Morgan fingerprint density at radius 1 is 1.12 bits per heavy atom. The van der Waals surface area contributed by atoms with Gasteiger partial charge in [0.15, 0.2) is 0 Å². The van der Waals surface area contributed by atoms with Gasteiger partial charge in [-0.05, 0) is 32.0 Å². The van der Waals surface area contributed by atoms with Crippen molar-refractivity contribution < 1.29 is 9.50 Å². The molecule has 0 amide bonds. The Morgan fingerprint density at radius 3 is 2.54 bits per heavy atom. The molecule has 2 heterocycles. The predicted octanol–water partition coefficient (Wildman–Crippen LogP) is 4.25. The predicted molar refractivity (Wildman–Crippen MR) is 98.3 cm³/mol. The van der Waals surface area contributed by atoms with E-state index >= 15 is 0 Å².